The number of alkyl halides is 3. The zero-order chi connectivity index (χ0) is 17.2. The van der Waals surface area contributed by atoms with Gasteiger partial charge in [0.25, 0.3) is 0 Å². The van der Waals surface area contributed by atoms with Gasteiger partial charge in [-0.2, -0.15) is 13.2 Å². The predicted molar refractivity (Wildman–Crippen MR) is 91.4 cm³/mol. The number of aryl methyl sites for hydroxylation is 1. The first-order valence-corrected chi connectivity index (χ1v) is 9.00. The van der Waals surface area contributed by atoms with Gasteiger partial charge >= 0.3 is 6.18 Å². The molecule has 2 heterocycles. The number of thiophene rings is 1. The van der Waals surface area contributed by atoms with Crippen molar-refractivity contribution < 1.29 is 13.2 Å². The van der Waals surface area contributed by atoms with Gasteiger partial charge in [-0.05, 0) is 54.6 Å². The Morgan fingerprint density at radius 1 is 1.12 bits per heavy atom. The molecule has 24 heavy (non-hydrogen) atoms. The number of hydrogen-bond acceptors (Lipinski definition) is 3. The van der Waals surface area contributed by atoms with Crippen LogP contribution in [0.1, 0.15) is 34.0 Å². The molecular weight excluding hydrogens is 333 g/mol. The molecule has 0 spiro atoms. The first kappa shape index (κ1) is 17.5. The first-order chi connectivity index (χ1) is 11.4. The molecule has 1 atom stereocenters. The van der Waals surface area contributed by atoms with Gasteiger partial charge in [0.1, 0.15) is 0 Å². The number of nitrogens with one attached hydrogen (secondary N) is 1. The molecule has 1 unspecified atom stereocenters. The second-order valence-corrected chi connectivity index (χ2v) is 7.13. The van der Waals surface area contributed by atoms with Gasteiger partial charge in [0.2, 0.25) is 0 Å². The summed E-state index contributed by atoms with van der Waals surface area (Å²) < 4.78 is 38.5. The van der Waals surface area contributed by atoms with Crippen LogP contribution in [0.15, 0.2) is 35.7 Å². The van der Waals surface area contributed by atoms with Gasteiger partial charge in [-0.3, -0.25) is 4.90 Å². The van der Waals surface area contributed by atoms with Crippen molar-refractivity contribution in [3.05, 3.63) is 57.3 Å². The average Bonchev–Trinajstić information content (AvgIpc) is 2.80. The van der Waals surface area contributed by atoms with E-state index < -0.39 is 11.7 Å². The fraction of sp³-hybridized carbons (Fsp3) is 0.444. The minimum absolute atomic E-state index is 0.0193. The Labute approximate surface area is 144 Å². The van der Waals surface area contributed by atoms with Crippen molar-refractivity contribution in [1.29, 1.82) is 0 Å². The van der Waals surface area contributed by atoms with Crippen LogP contribution in [-0.4, -0.2) is 31.1 Å². The lowest BCUT2D eigenvalue weighted by Crippen LogP contribution is -2.32. The summed E-state index contributed by atoms with van der Waals surface area (Å²) in [4.78, 5) is 3.56. The molecule has 3 rings (SSSR count). The maximum atomic E-state index is 12.8. The molecule has 1 aliphatic rings. The van der Waals surface area contributed by atoms with Crippen molar-refractivity contribution in [3.63, 3.8) is 0 Å². The fourth-order valence-electron chi connectivity index (χ4n) is 3.13. The van der Waals surface area contributed by atoms with E-state index in [4.69, 9.17) is 0 Å². The first-order valence-electron chi connectivity index (χ1n) is 8.12. The van der Waals surface area contributed by atoms with E-state index in [-0.39, 0.29) is 6.04 Å². The Bertz CT molecular complexity index is 656. The summed E-state index contributed by atoms with van der Waals surface area (Å²) in [6.45, 7) is 5.77. The molecule has 1 saturated heterocycles. The standard InChI is InChI=1S/C18H21F3N2S/c1-13-11-16(24-12-13)17(23-9-2-7-22-8-10-23)14-3-5-15(6-4-14)18(19,20)21/h3-6,11-12,17,22H,2,7-10H2,1H3. The zero-order valence-electron chi connectivity index (χ0n) is 13.6. The lowest BCUT2D eigenvalue weighted by atomic mass is 10.0. The van der Waals surface area contributed by atoms with Crippen LogP contribution in [-0.2, 0) is 6.18 Å². The zero-order valence-corrected chi connectivity index (χ0v) is 14.4. The summed E-state index contributed by atoms with van der Waals surface area (Å²) >= 11 is 1.68. The maximum absolute atomic E-state index is 12.8. The molecule has 1 fully saturated rings. The van der Waals surface area contributed by atoms with Gasteiger partial charge in [-0.1, -0.05) is 12.1 Å². The van der Waals surface area contributed by atoms with Crippen molar-refractivity contribution >= 4 is 11.3 Å². The minimum atomic E-state index is -4.29. The summed E-state index contributed by atoms with van der Waals surface area (Å²) in [7, 11) is 0. The Hall–Kier alpha value is -1.37. The smallest absolute Gasteiger partial charge is 0.315 e. The van der Waals surface area contributed by atoms with E-state index >= 15 is 0 Å². The van der Waals surface area contributed by atoms with E-state index in [1.165, 1.54) is 22.6 Å². The monoisotopic (exact) mass is 354 g/mol. The number of halogens is 3. The molecular formula is C18H21F3N2S. The molecule has 2 aromatic rings. The van der Waals surface area contributed by atoms with Gasteiger partial charge in [0, 0.05) is 24.5 Å². The van der Waals surface area contributed by atoms with Crippen LogP contribution in [0.5, 0.6) is 0 Å². The number of rotatable bonds is 3. The maximum Gasteiger partial charge on any atom is 0.416 e. The Kier molecular flexibility index (Phi) is 5.27. The molecule has 0 aliphatic carbocycles. The molecule has 0 radical (unpaired) electrons. The summed E-state index contributed by atoms with van der Waals surface area (Å²) in [5, 5.41) is 5.48. The third-order valence-corrected chi connectivity index (χ3v) is 5.42. The lowest BCUT2D eigenvalue weighted by molar-refractivity contribution is -0.137. The van der Waals surface area contributed by atoms with Crippen LogP contribution in [0.4, 0.5) is 13.2 Å². The second kappa shape index (κ2) is 7.25. The van der Waals surface area contributed by atoms with Crippen LogP contribution in [0.3, 0.4) is 0 Å². The SMILES string of the molecule is Cc1csc(C(c2ccc(C(F)(F)F)cc2)N2CCCNCC2)c1. The minimum Gasteiger partial charge on any atom is -0.315 e. The average molecular weight is 354 g/mol. The van der Waals surface area contributed by atoms with E-state index in [1.807, 2.05) is 6.92 Å². The van der Waals surface area contributed by atoms with E-state index in [0.717, 1.165) is 38.2 Å². The highest BCUT2D eigenvalue weighted by atomic mass is 32.1. The molecule has 1 N–H and O–H groups in total. The number of hydrogen-bond donors (Lipinski definition) is 1. The normalized spacial score (nSPS) is 18.3. The highest BCUT2D eigenvalue weighted by molar-refractivity contribution is 7.10. The van der Waals surface area contributed by atoms with E-state index in [0.29, 0.717) is 0 Å². The van der Waals surface area contributed by atoms with Crippen molar-refractivity contribution in [2.24, 2.45) is 0 Å². The third-order valence-electron chi connectivity index (χ3n) is 4.31. The number of nitrogens with zero attached hydrogens (tertiary/aromatic N) is 1. The van der Waals surface area contributed by atoms with Crippen LogP contribution >= 0.6 is 11.3 Å². The molecule has 1 aliphatic heterocycles. The van der Waals surface area contributed by atoms with Crippen LogP contribution in [0.25, 0.3) is 0 Å². The summed E-state index contributed by atoms with van der Waals surface area (Å²) in [5.41, 5.74) is 1.52. The quantitative estimate of drug-likeness (QED) is 0.875. The summed E-state index contributed by atoms with van der Waals surface area (Å²) in [6, 6.07) is 7.80. The molecule has 1 aromatic carbocycles. The van der Waals surface area contributed by atoms with E-state index in [2.05, 4.69) is 21.7 Å². The Balaban J connectivity index is 1.94. The third kappa shape index (κ3) is 3.99. The summed E-state index contributed by atoms with van der Waals surface area (Å²) in [6.07, 6.45) is -3.25. The van der Waals surface area contributed by atoms with Gasteiger partial charge in [0.05, 0.1) is 11.6 Å². The van der Waals surface area contributed by atoms with Crippen LogP contribution in [0.2, 0.25) is 0 Å². The molecule has 2 nitrogen and oxygen atoms in total. The van der Waals surface area contributed by atoms with E-state index in [1.54, 1.807) is 23.5 Å². The molecule has 0 bridgehead atoms. The highest BCUT2D eigenvalue weighted by Crippen LogP contribution is 2.35. The van der Waals surface area contributed by atoms with Gasteiger partial charge in [-0.15, -0.1) is 11.3 Å². The second-order valence-electron chi connectivity index (χ2n) is 6.19. The predicted octanol–water partition coefficient (Wildman–Crippen LogP) is 4.46. The van der Waals surface area contributed by atoms with Crippen LogP contribution in [0, 0.1) is 6.92 Å². The lowest BCUT2D eigenvalue weighted by Gasteiger charge is -2.30. The van der Waals surface area contributed by atoms with Gasteiger partial charge in [-0.25, -0.2) is 0 Å². The van der Waals surface area contributed by atoms with Gasteiger partial charge < -0.3 is 5.32 Å². The Morgan fingerprint density at radius 2 is 1.88 bits per heavy atom. The number of benzene rings is 1. The van der Waals surface area contributed by atoms with Crippen LogP contribution < -0.4 is 5.32 Å². The van der Waals surface area contributed by atoms with Crippen molar-refractivity contribution in [2.75, 3.05) is 26.2 Å². The fourth-order valence-corrected chi connectivity index (χ4v) is 4.19. The Morgan fingerprint density at radius 3 is 2.50 bits per heavy atom. The molecule has 6 heteroatoms. The molecule has 130 valence electrons. The van der Waals surface area contributed by atoms with Crippen molar-refractivity contribution in [2.45, 2.75) is 25.6 Å². The van der Waals surface area contributed by atoms with Crippen molar-refractivity contribution in [3.8, 4) is 0 Å². The molecule has 1 aromatic heterocycles. The topological polar surface area (TPSA) is 15.3 Å². The largest absolute Gasteiger partial charge is 0.416 e. The van der Waals surface area contributed by atoms with Gasteiger partial charge in [0.15, 0.2) is 0 Å². The molecule has 0 amide bonds. The molecule has 0 saturated carbocycles. The van der Waals surface area contributed by atoms with Crippen molar-refractivity contribution in [1.82, 2.24) is 10.2 Å². The summed E-state index contributed by atoms with van der Waals surface area (Å²) in [5.74, 6) is 0. The van der Waals surface area contributed by atoms with E-state index in [9.17, 15) is 13.2 Å². The highest BCUT2D eigenvalue weighted by Gasteiger charge is 2.31.